The molecule has 0 aliphatic carbocycles. The lowest BCUT2D eigenvalue weighted by Gasteiger charge is -2.47. The van der Waals surface area contributed by atoms with E-state index in [9.17, 15) is 19.2 Å². The van der Waals surface area contributed by atoms with Crippen LogP contribution in [0.4, 0.5) is 0 Å². The van der Waals surface area contributed by atoms with Gasteiger partial charge < -0.3 is 28.7 Å². The average Bonchev–Trinajstić information content (AvgIpc) is 3.47. The Morgan fingerprint density at radius 3 is 1.72 bits per heavy atom. The minimum Gasteiger partial charge on any atom is -0.462 e. The number of hydrogen-bond acceptors (Lipinski definition) is 10. The molecule has 1 aliphatic heterocycles. The lowest BCUT2D eigenvalue weighted by molar-refractivity contribution is -0.265. The fourth-order valence-corrected chi connectivity index (χ4v) is 5.93. The van der Waals surface area contributed by atoms with Crippen molar-refractivity contribution < 1.29 is 42.9 Å². The summed E-state index contributed by atoms with van der Waals surface area (Å²) in [6.45, 7) is 20.1. The van der Waals surface area contributed by atoms with Crippen LogP contribution < -0.4 is 5.32 Å². The van der Waals surface area contributed by atoms with Gasteiger partial charge in [0.25, 0.3) is 0 Å². The van der Waals surface area contributed by atoms with Crippen LogP contribution in [0.15, 0.2) is 59.2 Å². The van der Waals surface area contributed by atoms with Crippen molar-refractivity contribution in [1.82, 2.24) is 10.3 Å². The zero-order chi connectivity index (χ0) is 39.7. The average molecular weight is 800 g/mol. The highest BCUT2D eigenvalue weighted by atomic mass is 79.9. The van der Waals surface area contributed by atoms with E-state index in [0.717, 1.165) is 26.5 Å². The molecule has 0 saturated carbocycles. The highest BCUT2D eigenvalue weighted by molar-refractivity contribution is 9.10. The summed E-state index contributed by atoms with van der Waals surface area (Å²) in [7, 11) is 0. The van der Waals surface area contributed by atoms with Gasteiger partial charge in [0.05, 0.1) is 27.7 Å². The van der Waals surface area contributed by atoms with Crippen LogP contribution >= 0.6 is 15.9 Å². The fourth-order valence-electron chi connectivity index (χ4n) is 5.42. The van der Waals surface area contributed by atoms with Crippen LogP contribution in [-0.4, -0.2) is 66.1 Å². The van der Waals surface area contributed by atoms with Crippen LogP contribution in [0.25, 0.3) is 10.9 Å². The van der Waals surface area contributed by atoms with Crippen molar-refractivity contribution in [3.8, 4) is 0 Å². The van der Waals surface area contributed by atoms with E-state index < -0.39 is 82.2 Å². The molecule has 1 fully saturated rings. The van der Waals surface area contributed by atoms with E-state index in [0.29, 0.717) is 0 Å². The summed E-state index contributed by atoms with van der Waals surface area (Å²) in [5.41, 5.74) is -1.20. The van der Waals surface area contributed by atoms with Gasteiger partial charge in [-0.15, -0.1) is 0 Å². The number of rotatable bonds is 9. The summed E-state index contributed by atoms with van der Waals surface area (Å²) in [6.07, 6.45) is -4.51. The lowest BCUT2D eigenvalue weighted by Crippen LogP contribution is -2.67. The first-order valence-corrected chi connectivity index (χ1v) is 18.7. The van der Waals surface area contributed by atoms with Gasteiger partial charge in [0, 0.05) is 21.6 Å². The third-order valence-electron chi connectivity index (χ3n) is 8.67. The van der Waals surface area contributed by atoms with Gasteiger partial charge in [0.15, 0.2) is 24.5 Å². The first kappa shape index (κ1) is 42.0. The predicted molar refractivity (Wildman–Crippen MR) is 204 cm³/mol. The minimum absolute atomic E-state index is 0.355. The van der Waals surface area contributed by atoms with Gasteiger partial charge >= 0.3 is 23.9 Å². The Kier molecular flexibility index (Phi) is 12.6. The van der Waals surface area contributed by atoms with Gasteiger partial charge in [-0.1, -0.05) is 52.3 Å². The number of hydrogen-bond donors (Lipinski definition) is 2. The molecule has 0 bridgehead atoms. The Labute approximate surface area is 321 Å². The molecule has 4 rings (SSSR count). The van der Waals surface area contributed by atoms with Crippen molar-refractivity contribution in [3.05, 3.63) is 70.3 Å². The van der Waals surface area contributed by atoms with Gasteiger partial charge in [-0.2, -0.15) is 0 Å². The maximum atomic E-state index is 13.8. The van der Waals surface area contributed by atoms with Crippen LogP contribution in [-0.2, 0) is 42.9 Å². The molecule has 1 aromatic heterocycles. The van der Waals surface area contributed by atoms with Crippen molar-refractivity contribution in [3.63, 3.8) is 0 Å². The van der Waals surface area contributed by atoms with E-state index in [4.69, 9.17) is 23.7 Å². The maximum Gasteiger partial charge on any atom is 0.311 e. The molecule has 0 radical (unpaired) electrons. The molecule has 0 amide bonds. The van der Waals surface area contributed by atoms with Crippen molar-refractivity contribution >= 4 is 50.7 Å². The number of benzene rings is 2. The third kappa shape index (κ3) is 10.3. The van der Waals surface area contributed by atoms with Gasteiger partial charge in [0.2, 0.25) is 0 Å². The molecule has 3 aromatic rings. The van der Waals surface area contributed by atoms with Gasteiger partial charge in [-0.05, 0) is 106 Å². The van der Waals surface area contributed by atoms with E-state index in [1.165, 1.54) is 0 Å². The first-order valence-electron chi connectivity index (χ1n) is 17.9. The summed E-state index contributed by atoms with van der Waals surface area (Å²) >= 11 is 3.73. The molecular weight excluding hydrogens is 744 g/mol. The van der Waals surface area contributed by atoms with Crippen LogP contribution in [0.5, 0.6) is 0 Å². The summed E-state index contributed by atoms with van der Waals surface area (Å²) in [6, 6.07) is 14.9. The van der Waals surface area contributed by atoms with Gasteiger partial charge in [-0.3, -0.25) is 24.5 Å². The number of para-hydroxylation sites is 1. The molecule has 12 heteroatoms. The minimum atomic E-state index is -1.38. The van der Waals surface area contributed by atoms with E-state index >= 15 is 0 Å². The lowest BCUT2D eigenvalue weighted by atomic mass is 9.91. The van der Waals surface area contributed by atoms with Crippen LogP contribution in [0.1, 0.15) is 100 Å². The molecule has 11 nitrogen and oxygen atoms in total. The number of aromatic amines is 1. The molecule has 2 N–H and O–H groups in total. The summed E-state index contributed by atoms with van der Waals surface area (Å²) in [5, 5.41) is 4.52. The number of carbonyl (C=O) groups excluding carboxylic acids is 4. The Balaban J connectivity index is 1.94. The number of aromatic nitrogens is 1. The maximum absolute atomic E-state index is 13.8. The number of esters is 4. The van der Waals surface area contributed by atoms with Crippen LogP contribution in [0, 0.1) is 21.7 Å². The standard InChI is InChI=1S/C41H55BrN2O9/c1-38(2,3)34(45)49-22-28-30(51-35(46)39(4,5)6)31(52-36(47)40(7,8)9)32(53-37(48)41(10,11)12)33(50-28)44-29(24-18-13-15-19-26(24)42)25-21-43-27-20-16-14-17-23(25)27/h13-21,28-33,43-44H,22H2,1-12H3/t28-,29-,30+,31+,32-,33-/m1/s1. The number of fused-ring (bicyclic) bond motifs is 1. The van der Waals surface area contributed by atoms with Crippen molar-refractivity contribution in [1.29, 1.82) is 0 Å². The zero-order valence-electron chi connectivity index (χ0n) is 32.9. The number of nitrogens with one attached hydrogen (secondary N) is 2. The number of H-pyrrole nitrogens is 1. The summed E-state index contributed by atoms with van der Waals surface area (Å²) in [4.78, 5) is 57.6. The molecule has 290 valence electrons. The number of carbonyl (C=O) groups is 4. The third-order valence-corrected chi connectivity index (χ3v) is 9.39. The fraction of sp³-hybridized carbons (Fsp3) is 0.561. The molecule has 2 aromatic carbocycles. The Morgan fingerprint density at radius 1 is 0.679 bits per heavy atom. The molecule has 2 heterocycles. The topological polar surface area (TPSA) is 142 Å². The van der Waals surface area contributed by atoms with Crippen LogP contribution in [0.2, 0.25) is 0 Å². The van der Waals surface area contributed by atoms with Gasteiger partial charge in [-0.25, -0.2) is 0 Å². The van der Waals surface area contributed by atoms with Crippen LogP contribution in [0.3, 0.4) is 0 Å². The Hall–Kier alpha value is -3.74. The van der Waals surface area contributed by atoms with Crippen molar-refractivity contribution in [2.75, 3.05) is 6.61 Å². The second-order valence-electron chi connectivity index (χ2n) is 17.7. The Bertz CT molecular complexity index is 1790. The molecule has 53 heavy (non-hydrogen) atoms. The molecule has 1 aliphatic rings. The van der Waals surface area contributed by atoms with Crippen molar-refractivity contribution in [2.45, 2.75) is 120 Å². The van der Waals surface area contributed by atoms with E-state index in [1.807, 2.05) is 54.7 Å². The summed E-state index contributed by atoms with van der Waals surface area (Å²) in [5.74, 6) is -2.35. The Morgan fingerprint density at radius 2 is 1.17 bits per heavy atom. The van der Waals surface area contributed by atoms with E-state index in [1.54, 1.807) is 83.1 Å². The van der Waals surface area contributed by atoms with Crippen molar-refractivity contribution in [2.24, 2.45) is 21.7 Å². The normalized spacial score (nSPS) is 21.8. The quantitative estimate of drug-likeness (QED) is 0.163. The molecular formula is C41H55BrN2O9. The van der Waals surface area contributed by atoms with Gasteiger partial charge in [0.1, 0.15) is 12.7 Å². The van der Waals surface area contributed by atoms with E-state index in [2.05, 4.69) is 26.2 Å². The first-order chi connectivity index (χ1) is 24.4. The SMILES string of the molecule is CC(C)(C)C(=O)OC[C@H]1O[C@@H](N[C@H](c2ccccc2Br)c2c[nH]c3ccccc23)[C@H](OC(=O)C(C)(C)C)[C@@H](OC(=O)C(C)(C)C)[C@H]1OC(=O)C(C)(C)C. The molecule has 0 unspecified atom stereocenters. The smallest absolute Gasteiger partial charge is 0.311 e. The second-order valence-corrected chi connectivity index (χ2v) is 18.6. The molecule has 1 saturated heterocycles. The highest BCUT2D eigenvalue weighted by Gasteiger charge is 2.55. The predicted octanol–water partition coefficient (Wildman–Crippen LogP) is 7.80. The molecule has 6 atom stereocenters. The number of halogens is 1. The van der Waals surface area contributed by atoms with E-state index in [-0.39, 0.29) is 6.61 Å². The monoisotopic (exact) mass is 798 g/mol. The second kappa shape index (κ2) is 15.9. The molecule has 0 spiro atoms. The zero-order valence-corrected chi connectivity index (χ0v) is 34.5. The summed E-state index contributed by atoms with van der Waals surface area (Å²) < 4.78 is 32.0. The number of ether oxygens (including phenoxy) is 5. The largest absolute Gasteiger partial charge is 0.462 e. The highest BCUT2D eigenvalue weighted by Crippen LogP contribution is 2.38.